The van der Waals surface area contributed by atoms with Crippen LogP contribution in [0.4, 0.5) is 0 Å². The summed E-state index contributed by atoms with van der Waals surface area (Å²) in [4.78, 5) is 10.3. The maximum Gasteiger partial charge on any atom is 0.162 e. The molecule has 11 aromatic rings. The topological polar surface area (TPSA) is 77.5 Å². The first-order chi connectivity index (χ1) is 29.7. The highest BCUT2D eigenvalue weighted by atomic mass is 16.3. The van der Waals surface area contributed by atoms with Crippen molar-refractivity contribution >= 4 is 66.3 Å². The van der Waals surface area contributed by atoms with E-state index in [9.17, 15) is 0 Å². The second kappa shape index (κ2) is 14.7. The first kappa shape index (κ1) is 35.2. The van der Waals surface area contributed by atoms with Crippen molar-refractivity contribution in [2.45, 2.75) is 6.42 Å². The van der Waals surface area contributed by atoms with E-state index >= 15 is 0 Å². The lowest BCUT2D eigenvalue weighted by Crippen LogP contribution is -2.13. The van der Waals surface area contributed by atoms with Crippen LogP contribution in [0.5, 0.6) is 0 Å². The Morgan fingerprint density at radius 2 is 1.05 bits per heavy atom. The molecule has 0 aliphatic heterocycles. The van der Waals surface area contributed by atoms with Gasteiger partial charge in [-0.15, -0.1) is 0 Å². The summed E-state index contributed by atoms with van der Waals surface area (Å²) in [5.41, 5.74) is 20.9. The summed E-state index contributed by atoms with van der Waals surface area (Å²) in [6, 6.07) is 66.6. The summed E-state index contributed by atoms with van der Waals surface area (Å²) >= 11 is 0. The van der Waals surface area contributed by atoms with Crippen molar-refractivity contribution in [3.05, 3.63) is 217 Å². The van der Waals surface area contributed by atoms with E-state index in [0.29, 0.717) is 5.84 Å². The van der Waals surface area contributed by atoms with Gasteiger partial charge in [-0.25, -0.2) is 9.98 Å². The van der Waals surface area contributed by atoms with Crippen molar-refractivity contribution in [1.29, 1.82) is 0 Å². The number of aliphatic imine (C=N–C) groups is 1. The molecular weight excluding hydrogens is 735 g/mol. The largest absolute Gasteiger partial charge is 0.456 e. The highest BCUT2D eigenvalue weighted by Crippen LogP contribution is 2.44. The predicted molar refractivity (Wildman–Crippen MR) is 248 cm³/mol. The van der Waals surface area contributed by atoms with E-state index in [1.54, 1.807) is 0 Å². The molecule has 0 unspecified atom stereocenters. The number of furan rings is 2. The summed E-state index contributed by atoms with van der Waals surface area (Å²) in [6.07, 6.45) is 2.86. The molecule has 0 radical (unpaired) electrons. The van der Waals surface area contributed by atoms with Crippen LogP contribution in [0.3, 0.4) is 0 Å². The molecule has 5 nitrogen and oxygen atoms in total. The molecule has 60 heavy (non-hydrogen) atoms. The minimum Gasteiger partial charge on any atom is -0.456 e. The zero-order chi connectivity index (χ0) is 40.0. The fraction of sp³-hybridized carbons (Fsp3) is 0.0182. The van der Waals surface area contributed by atoms with Crippen LogP contribution in [-0.4, -0.2) is 10.8 Å². The number of pyridine rings is 1. The van der Waals surface area contributed by atoms with Crippen LogP contribution in [0.1, 0.15) is 16.7 Å². The smallest absolute Gasteiger partial charge is 0.162 e. The minimum atomic E-state index is 0.466. The molecule has 284 valence electrons. The van der Waals surface area contributed by atoms with Gasteiger partial charge in [-0.2, -0.15) is 0 Å². The summed E-state index contributed by atoms with van der Waals surface area (Å²) in [6.45, 7) is 0. The maximum atomic E-state index is 6.73. The van der Waals surface area contributed by atoms with Crippen LogP contribution in [-0.2, 0) is 6.42 Å². The van der Waals surface area contributed by atoms with Gasteiger partial charge in [0, 0.05) is 38.1 Å². The Kier molecular flexibility index (Phi) is 8.63. The molecule has 0 saturated carbocycles. The van der Waals surface area contributed by atoms with Crippen molar-refractivity contribution in [3.8, 4) is 33.5 Å². The van der Waals surface area contributed by atoms with E-state index in [1.807, 2.05) is 66.7 Å². The molecule has 0 fully saturated rings. The van der Waals surface area contributed by atoms with E-state index in [4.69, 9.17) is 24.5 Å². The predicted octanol–water partition coefficient (Wildman–Crippen LogP) is 14.0. The van der Waals surface area contributed by atoms with Crippen LogP contribution in [0, 0.1) is 0 Å². The summed E-state index contributed by atoms with van der Waals surface area (Å²) in [5.74, 6) is 0.466. The van der Waals surface area contributed by atoms with Gasteiger partial charge in [0.2, 0.25) is 0 Å². The molecule has 0 amide bonds. The van der Waals surface area contributed by atoms with E-state index < -0.39 is 0 Å². The highest BCUT2D eigenvalue weighted by Gasteiger charge is 2.21. The van der Waals surface area contributed by atoms with E-state index in [-0.39, 0.29) is 0 Å². The molecule has 0 saturated heterocycles. The van der Waals surface area contributed by atoms with Crippen LogP contribution < -0.4 is 5.73 Å². The van der Waals surface area contributed by atoms with Gasteiger partial charge in [-0.05, 0) is 64.1 Å². The molecule has 2 N–H and O–H groups in total. The number of hydrogen-bond acceptors (Lipinski definition) is 4. The Balaban J connectivity index is 1.01. The lowest BCUT2D eigenvalue weighted by atomic mass is 9.93. The number of rotatable bonds is 8. The Morgan fingerprint density at radius 1 is 0.483 bits per heavy atom. The van der Waals surface area contributed by atoms with Crippen LogP contribution in [0.2, 0.25) is 0 Å². The standard InChI is InChI=1S/C55H37N3O2/c56-55(40-15-5-2-6-16-40)58-45(34-25-35-13-3-1-4-14-35)38-30-32-39(33-31-38)53-54-52(44-18-8-10-23-48(44)60-54)51-42(19-11-21-46(51)57-53)37-28-26-36(27-29-37)41-20-12-24-49-50(41)43-17-7-9-22-47(43)59-49/h1-24,26-34H,25H2,(H2,56,58)/b45-34-. The fourth-order valence-electron chi connectivity index (χ4n) is 8.47. The zero-order valence-corrected chi connectivity index (χ0v) is 32.5. The Hall–Kier alpha value is -8.02. The molecular formula is C55H37N3O2. The van der Waals surface area contributed by atoms with Crippen molar-refractivity contribution in [2.24, 2.45) is 10.7 Å². The van der Waals surface area contributed by atoms with Gasteiger partial charge in [0.1, 0.15) is 28.3 Å². The van der Waals surface area contributed by atoms with E-state index in [2.05, 4.69) is 133 Å². The summed E-state index contributed by atoms with van der Waals surface area (Å²) in [5, 5.41) is 5.41. The summed E-state index contributed by atoms with van der Waals surface area (Å²) < 4.78 is 12.9. The molecule has 3 heterocycles. The van der Waals surface area contributed by atoms with Crippen molar-refractivity contribution < 1.29 is 8.83 Å². The Bertz CT molecular complexity index is 3430. The first-order valence-electron chi connectivity index (χ1n) is 20.2. The quantitative estimate of drug-likeness (QED) is 0.123. The molecule has 0 aliphatic carbocycles. The Morgan fingerprint density at radius 3 is 1.77 bits per heavy atom. The average molecular weight is 772 g/mol. The number of nitrogens with zero attached hydrogens (tertiary/aromatic N) is 2. The van der Waals surface area contributed by atoms with Crippen molar-refractivity contribution in [3.63, 3.8) is 0 Å². The van der Waals surface area contributed by atoms with E-state index in [1.165, 1.54) is 5.56 Å². The minimum absolute atomic E-state index is 0.466. The molecule has 8 aromatic carbocycles. The van der Waals surface area contributed by atoms with Gasteiger partial charge >= 0.3 is 0 Å². The normalized spacial score (nSPS) is 12.3. The van der Waals surface area contributed by atoms with Crippen LogP contribution in [0.25, 0.3) is 94.0 Å². The lowest BCUT2D eigenvalue weighted by molar-refractivity contribution is 0.668. The number of nitrogens with two attached hydrogens (primary N) is 1. The van der Waals surface area contributed by atoms with Gasteiger partial charge in [-0.3, -0.25) is 0 Å². The Labute approximate surface area is 346 Å². The SMILES string of the molecule is NC(=N/C(=C\Cc1ccccc1)c1ccc(-c2nc3cccc(-c4ccc(-c5cccc6oc7ccccc7c56)cc4)c3c3c2oc2ccccc23)cc1)c1ccccc1. The molecule has 0 spiro atoms. The number of benzene rings is 8. The third-order valence-corrected chi connectivity index (χ3v) is 11.4. The molecule has 0 aliphatic rings. The highest BCUT2D eigenvalue weighted by molar-refractivity contribution is 6.24. The molecule has 0 atom stereocenters. The number of allylic oxidation sites excluding steroid dienone is 1. The number of fused-ring (bicyclic) bond motifs is 8. The number of aromatic nitrogens is 1. The fourth-order valence-corrected chi connectivity index (χ4v) is 8.47. The third-order valence-electron chi connectivity index (χ3n) is 11.4. The molecule has 3 aromatic heterocycles. The van der Waals surface area contributed by atoms with Gasteiger partial charge in [-0.1, -0.05) is 176 Å². The van der Waals surface area contributed by atoms with Gasteiger partial charge in [0.25, 0.3) is 0 Å². The third kappa shape index (κ3) is 6.21. The van der Waals surface area contributed by atoms with Crippen LogP contribution in [0.15, 0.2) is 214 Å². The monoisotopic (exact) mass is 771 g/mol. The van der Waals surface area contributed by atoms with Crippen LogP contribution >= 0.6 is 0 Å². The van der Waals surface area contributed by atoms with Gasteiger partial charge in [0.15, 0.2) is 5.58 Å². The number of amidine groups is 1. The first-order valence-corrected chi connectivity index (χ1v) is 20.2. The second-order valence-corrected chi connectivity index (χ2v) is 15.0. The van der Waals surface area contributed by atoms with Gasteiger partial charge in [0.05, 0.1) is 11.2 Å². The molecule has 0 bridgehead atoms. The lowest BCUT2D eigenvalue weighted by Gasteiger charge is -2.12. The second-order valence-electron chi connectivity index (χ2n) is 15.0. The zero-order valence-electron chi connectivity index (χ0n) is 32.5. The number of hydrogen-bond donors (Lipinski definition) is 1. The van der Waals surface area contributed by atoms with Gasteiger partial charge < -0.3 is 14.6 Å². The number of para-hydroxylation sites is 2. The maximum absolute atomic E-state index is 6.73. The van der Waals surface area contributed by atoms with Crippen molar-refractivity contribution in [1.82, 2.24) is 4.98 Å². The summed E-state index contributed by atoms with van der Waals surface area (Å²) in [7, 11) is 0. The van der Waals surface area contributed by atoms with E-state index in [0.717, 1.165) is 112 Å². The average Bonchev–Trinajstić information content (AvgIpc) is 3.90. The van der Waals surface area contributed by atoms with Crippen molar-refractivity contribution in [2.75, 3.05) is 0 Å². The molecule has 11 rings (SSSR count). The molecule has 5 heteroatoms.